The molecular weight excluding hydrogens is 424 g/mol. The van der Waals surface area contributed by atoms with Crippen molar-refractivity contribution in [2.75, 3.05) is 0 Å². The minimum Gasteiger partial charge on any atom is -0.389 e. The van der Waals surface area contributed by atoms with Gasteiger partial charge in [-0.25, -0.2) is 0 Å². The van der Waals surface area contributed by atoms with Crippen LogP contribution in [0.25, 0.3) is 0 Å². The number of halogens is 1. The third kappa shape index (κ3) is 8.92. The first-order chi connectivity index (χ1) is 14.5. The summed E-state index contributed by atoms with van der Waals surface area (Å²) in [6.45, 7) is 3.25. The lowest BCUT2D eigenvalue weighted by Gasteiger charge is -2.42. The summed E-state index contributed by atoms with van der Waals surface area (Å²) in [5.74, 6) is 0. The Bertz CT molecular complexity index is 578. The number of hydrogen-bond acceptors (Lipinski definition) is 8. The molecule has 0 bridgehead atoms. The number of aromatic nitrogens is 3. The van der Waals surface area contributed by atoms with Crippen LogP contribution in [0.3, 0.4) is 0 Å². The molecule has 1 aliphatic carbocycles. The molecule has 6 atom stereocenters. The van der Waals surface area contributed by atoms with Crippen molar-refractivity contribution in [3.8, 4) is 0 Å². The molecular formula is C21H41ClN4O5. The average molecular weight is 465 g/mol. The number of nitrogens with zero attached hydrogens (tertiary/aromatic N) is 3. The van der Waals surface area contributed by atoms with E-state index >= 15 is 0 Å². The zero-order valence-electron chi connectivity index (χ0n) is 18.5. The molecule has 6 N–H and O–H groups in total. The second-order valence-electron chi connectivity index (χ2n) is 8.51. The van der Waals surface area contributed by atoms with Gasteiger partial charge >= 0.3 is 0 Å². The number of unbranched alkanes of at least 4 members (excludes halogenated alkanes) is 9. The van der Waals surface area contributed by atoms with Crippen molar-refractivity contribution < 1.29 is 25.5 Å². The second kappa shape index (κ2) is 15.1. The van der Waals surface area contributed by atoms with E-state index in [9.17, 15) is 25.5 Å². The molecule has 2 rings (SSSR count). The largest absolute Gasteiger partial charge is 0.389 e. The van der Waals surface area contributed by atoms with Gasteiger partial charge in [-0.3, -0.25) is 4.68 Å². The van der Waals surface area contributed by atoms with Crippen molar-refractivity contribution in [3.05, 3.63) is 11.9 Å². The minimum absolute atomic E-state index is 0. The summed E-state index contributed by atoms with van der Waals surface area (Å²) in [7, 11) is 0. The fraction of sp³-hybridized carbons (Fsp3) is 0.905. The standard InChI is InChI=1S/C21H40N4O5.ClH/c1-2-3-4-5-6-7-8-9-10-11-12-25-14-15(23-24-25)13-22-16-17(26)19(28)21(30)20(29)18(16)27;/h14,16-22,26-30H,2-13H2,1H3;1H/t16?,17-,18+,19+,20-,21?;. The van der Waals surface area contributed by atoms with Crippen molar-refractivity contribution in [2.45, 2.75) is 121 Å². The van der Waals surface area contributed by atoms with E-state index in [-0.39, 0.29) is 19.0 Å². The summed E-state index contributed by atoms with van der Waals surface area (Å²) in [6.07, 6.45) is 7.12. The van der Waals surface area contributed by atoms with Crippen LogP contribution < -0.4 is 5.32 Å². The molecule has 0 amide bonds. The van der Waals surface area contributed by atoms with E-state index in [1.807, 2.05) is 6.20 Å². The molecule has 1 fully saturated rings. The Morgan fingerprint density at radius 2 is 1.26 bits per heavy atom. The zero-order chi connectivity index (χ0) is 21.9. The van der Waals surface area contributed by atoms with Crippen molar-refractivity contribution in [1.29, 1.82) is 0 Å². The van der Waals surface area contributed by atoms with Crippen LogP contribution in [0.4, 0.5) is 0 Å². The molecule has 9 nitrogen and oxygen atoms in total. The average Bonchev–Trinajstić information content (AvgIpc) is 3.20. The Morgan fingerprint density at radius 3 is 1.81 bits per heavy atom. The van der Waals surface area contributed by atoms with Crippen LogP contribution in [-0.2, 0) is 13.1 Å². The Kier molecular flexibility index (Phi) is 13.8. The van der Waals surface area contributed by atoms with Crippen LogP contribution in [0, 0.1) is 0 Å². The summed E-state index contributed by atoms with van der Waals surface area (Å²) >= 11 is 0. The van der Waals surface area contributed by atoms with Crippen molar-refractivity contribution in [2.24, 2.45) is 0 Å². The van der Waals surface area contributed by atoms with Gasteiger partial charge < -0.3 is 30.8 Å². The van der Waals surface area contributed by atoms with E-state index in [4.69, 9.17) is 0 Å². The number of aliphatic hydroxyl groups excluding tert-OH is 5. The molecule has 31 heavy (non-hydrogen) atoms. The van der Waals surface area contributed by atoms with Gasteiger partial charge in [-0.05, 0) is 6.42 Å². The Labute approximate surface area is 191 Å². The molecule has 0 aromatic carbocycles. The van der Waals surface area contributed by atoms with Gasteiger partial charge in [0, 0.05) is 19.3 Å². The van der Waals surface area contributed by atoms with Crippen LogP contribution in [0.1, 0.15) is 76.8 Å². The highest BCUT2D eigenvalue weighted by molar-refractivity contribution is 5.85. The molecule has 1 saturated carbocycles. The Hall–Kier alpha value is -0.810. The predicted molar refractivity (Wildman–Crippen MR) is 120 cm³/mol. The third-order valence-corrected chi connectivity index (χ3v) is 5.98. The topological polar surface area (TPSA) is 144 Å². The molecule has 182 valence electrons. The van der Waals surface area contributed by atoms with E-state index in [1.165, 1.54) is 57.8 Å². The van der Waals surface area contributed by atoms with Crippen LogP contribution >= 0.6 is 12.4 Å². The molecule has 10 heteroatoms. The van der Waals surface area contributed by atoms with Gasteiger partial charge in [-0.1, -0.05) is 69.9 Å². The van der Waals surface area contributed by atoms with E-state index < -0.39 is 36.6 Å². The summed E-state index contributed by atoms with van der Waals surface area (Å²) in [6, 6.07) is -0.981. The maximum atomic E-state index is 10.1. The number of rotatable bonds is 14. The van der Waals surface area contributed by atoms with Gasteiger partial charge in [-0.15, -0.1) is 17.5 Å². The molecule has 1 heterocycles. The summed E-state index contributed by atoms with van der Waals surface area (Å²) in [5.41, 5.74) is 0.636. The van der Waals surface area contributed by atoms with Gasteiger partial charge in [0.15, 0.2) is 0 Å². The summed E-state index contributed by atoms with van der Waals surface area (Å²) in [4.78, 5) is 0. The van der Waals surface area contributed by atoms with Crippen LogP contribution in [0.5, 0.6) is 0 Å². The molecule has 1 aliphatic rings. The maximum Gasteiger partial charge on any atom is 0.111 e. The molecule has 2 unspecified atom stereocenters. The first kappa shape index (κ1) is 28.2. The van der Waals surface area contributed by atoms with Gasteiger partial charge in [0.05, 0.1) is 11.7 Å². The van der Waals surface area contributed by atoms with Crippen molar-refractivity contribution >= 4 is 12.4 Å². The number of nitrogens with one attached hydrogen (secondary N) is 1. The number of aryl methyl sites for hydroxylation is 1. The molecule has 0 radical (unpaired) electrons. The number of hydrogen-bond donors (Lipinski definition) is 6. The van der Waals surface area contributed by atoms with Gasteiger partial charge in [0.1, 0.15) is 30.5 Å². The molecule has 0 aliphatic heterocycles. The van der Waals surface area contributed by atoms with Crippen molar-refractivity contribution in [3.63, 3.8) is 0 Å². The quantitative estimate of drug-likeness (QED) is 0.223. The Morgan fingerprint density at radius 1 is 0.774 bits per heavy atom. The van der Waals surface area contributed by atoms with E-state index in [0.717, 1.165) is 13.0 Å². The van der Waals surface area contributed by atoms with Crippen LogP contribution in [-0.4, -0.2) is 77.1 Å². The lowest BCUT2D eigenvalue weighted by molar-refractivity contribution is -0.190. The van der Waals surface area contributed by atoms with Crippen LogP contribution in [0.2, 0.25) is 0 Å². The van der Waals surface area contributed by atoms with E-state index in [1.54, 1.807) is 4.68 Å². The second-order valence-corrected chi connectivity index (χ2v) is 8.51. The lowest BCUT2D eigenvalue weighted by atomic mass is 9.83. The SMILES string of the molecule is CCCCCCCCCCCCn1cc(CNC2[C@@H](O)[C@H](O)C(O)[C@H](O)[C@H]2O)nn1.Cl. The highest BCUT2D eigenvalue weighted by atomic mass is 35.5. The fourth-order valence-electron chi connectivity index (χ4n) is 3.99. The zero-order valence-corrected chi connectivity index (χ0v) is 19.3. The fourth-order valence-corrected chi connectivity index (χ4v) is 3.99. The van der Waals surface area contributed by atoms with E-state index in [2.05, 4.69) is 22.6 Å². The molecule has 1 aromatic rings. The molecule has 0 spiro atoms. The smallest absolute Gasteiger partial charge is 0.111 e. The highest BCUT2D eigenvalue weighted by Crippen LogP contribution is 2.21. The normalized spacial score (nSPS) is 28.5. The lowest BCUT2D eigenvalue weighted by Crippen LogP contribution is -2.67. The van der Waals surface area contributed by atoms with Gasteiger partial charge in [-0.2, -0.15) is 0 Å². The maximum absolute atomic E-state index is 10.1. The van der Waals surface area contributed by atoms with Crippen LogP contribution in [0.15, 0.2) is 6.20 Å². The summed E-state index contributed by atoms with van der Waals surface area (Å²) < 4.78 is 1.78. The predicted octanol–water partition coefficient (Wildman–Crippen LogP) is 0.897. The van der Waals surface area contributed by atoms with Gasteiger partial charge in [0.2, 0.25) is 0 Å². The number of aliphatic hydroxyl groups is 5. The molecule has 0 saturated heterocycles. The minimum atomic E-state index is -1.59. The van der Waals surface area contributed by atoms with Gasteiger partial charge in [0.25, 0.3) is 0 Å². The van der Waals surface area contributed by atoms with E-state index in [0.29, 0.717) is 5.69 Å². The summed E-state index contributed by atoms with van der Waals surface area (Å²) in [5, 5.41) is 60.4. The first-order valence-corrected chi connectivity index (χ1v) is 11.5. The monoisotopic (exact) mass is 464 g/mol. The van der Waals surface area contributed by atoms with Crippen molar-refractivity contribution in [1.82, 2.24) is 20.3 Å². The third-order valence-electron chi connectivity index (χ3n) is 5.98. The molecule has 1 aromatic heterocycles. The first-order valence-electron chi connectivity index (χ1n) is 11.5. The highest BCUT2D eigenvalue weighted by Gasteiger charge is 2.47. The Balaban J connectivity index is 0.00000480.